The molecule has 0 spiro atoms. The van der Waals surface area contributed by atoms with Crippen LogP contribution in [0.5, 0.6) is 0 Å². The van der Waals surface area contributed by atoms with Gasteiger partial charge in [-0.1, -0.05) is 30.3 Å². The van der Waals surface area contributed by atoms with E-state index in [2.05, 4.69) is 26.3 Å². The molecule has 0 bridgehead atoms. The minimum absolute atomic E-state index is 0.0365. The van der Waals surface area contributed by atoms with Crippen LogP contribution in [0, 0.1) is 0 Å². The fourth-order valence-corrected chi connectivity index (χ4v) is 4.34. The van der Waals surface area contributed by atoms with Crippen molar-refractivity contribution in [3.05, 3.63) is 78.1 Å². The Morgan fingerprint density at radius 2 is 1.97 bits per heavy atom. The van der Waals surface area contributed by atoms with Crippen LogP contribution in [-0.4, -0.2) is 43.6 Å². The first-order valence-electron chi connectivity index (χ1n) is 10.5. The summed E-state index contributed by atoms with van der Waals surface area (Å²) >= 11 is 0. The number of likely N-dealkylation sites (tertiary alicyclic amines) is 1. The summed E-state index contributed by atoms with van der Waals surface area (Å²) in [4.78, 5) is 28.5. The van der Waals surface area contributed by atoms with Crippen molar-refractivity contribution in [1.29, 1.82) is 0 Å². The van der Waals surface area contributed by atoms with E-state index in [9.17, 15) is 4.79 Å². The number of fused-ring (bicyclic) bond motifs is 1. The molecule has 7 heteroatoms. The van der Waals surface area contributed by atoms with Crippen molar-refractivity contribution in [3.63, 3.8) is 0 Å². The number of imidazole rings is 1. The maximum absolute atomic E-state index is 12.6. The molecule has 0 saturated carbocycles. The second kappa shape index (κ2) is 7.92. The summed E-state index contributed by atoms with van der Waals surface area (Å²) in [6.07, 6.45) is 7.84. The highest BCUT2D eigenvalue weighted by Crippen LogP contribution is 2.35. The standard InChI is InChI=1S/C24H24N6O/c1-29-13-4-6-19(29)24-28-21(22-23(25)27-12-14-30(22)24)17-9-7-16(8-10-17)20(31)15-18-5-2-3-11-26-18/h2-3,5,7-12,14,19H,4,6,13,15H2,1H3,(H2,25,27)/t19-/m0/s1. The van der Waals surface area contributed by atoms with Gasteiger partial charge in [0.05, 0.1) is 12.5 Å². The summed E-state index contributed by atoms with van der Waals surface area (Å²) in [7, 11) is 2.13. The van der Waals surface area contributed by atoms with Crippen molar-refractivity contribution >= 4 is 17.1 Å². The lowest BCUT2D eigenvalue weighted by Crippen LogP contribution is -2.19. The van der Waals surface area contributed by atoms with Gasteiger partial charge in [0.2, 0.25) is 0 Å². The van der Waals surface area contributed by atoms with Crippen LogP contribution in [0.2, 0.25) is 0 Å². The highest BCUT2D eigenvalue weighted by atomic mass is 16.1. The topological polar surface area (TPSA) is 89.4 Å². The second-order valence-electron chi connectivity index (χ2n) is 7.99. The minimum atomic E-state index is 0.0365. The first-order chi connectivity index (χ1) is 15.1. The quantitative estimate of drug-likeness (QED) is 0.504. The summed E-state index contributed by atoms with van der Waals surface area (Å²) < 4.78 is 2.06. The van der Waals surface area contributed by atoms with Crippen LogP contribution >= 0.6 is 0 Å². The van der Waals surface area contributed by atoms with Gasteiger partial charge in [0.25, 0.3) is 0 Å². The number of rotatable bonds is 5. The maximum Gasteiger partial charge on any atom is 0.168 e. The molecule has 2 N–H and O–H groups in total. The van der Waals surface area contributed by atoms with E-state index in [4.69, 9.17) is 10.7 Å². The van der Waals surface area contributed by atoms with Crippen LogP contribution < -0.4 is 5.73 Å². The molecule has 156 valence electrons. The van der Waals surface area contributed by atoms with E-state index >= 15 is 0 Å². The predicted molar refractivity (Wildman–Crippen MR) is 120 cm³/mol. The second-order valence-corrected chi connectivity index (χ2v) is 7.99. The molecule has 5 rings (SSSR count). The van der Waals surface area contributed by atoms with Gasteiger partial charge in [-0.25, -0.2) is 9.97 Å². The Morgan fingerprint density at radius 3 is 2.68 bits per heavy atom. The van der Waals surface area contributed by atoms with Crippen LogP contribution in [0.1, 0.15) is 40.8 Å². The van der Waals surface area contributed by atoms with Gasteiger partial charge >= 0.3 is 0 Å². The Balaban J connectivity index is 1.50. The zero-order chi connectivity index (χ0) is 21.4. The Morgan fingerprint density at radius 1 is 1.13 bits per heavy atom. The molecule has 1 aromatic carbocycles. The monoisotopic (exact) mass is 412 g/mol. The van der Waals surface area contributed by atoms with Gasteiger partial charge in [-0.15, -0.1) is 0 Å². The van der Waals surface area contributed by atoms with Crippen molar-refractivity contribution in [2.24, 2.45) is 0 Å². The molecular weight excluding hydrogens is 388 g/mol. The molecule has 1 aliphatic heterocycles. The number of ketones is 1. The fourth-order valence-electron chi connectivity index (χ4n) is 4.34. The number of pyridine rings is 1. The van der Waals surface area contributed by atoms with E-state index in [1.54, 1.807) is 12.4 Å². The minimum Gasteiger partial charge on any atom is -0.382 e. The summed E-state index contributed by atoms with van der Waals surface area (Å²) in [6, 6.07) is 13.4. The van der Waals surface area contributed by atoms with Gasteiger partial charge in [-0.05, 0) is 38.6 Å². The average molecular weight is 412 g/mol. The summed E-state index contributed by atoms with van der Waals surface area (Å²) in [5.41, 5.74) is 10.2. The van der Waals surface area contributed by atoms with E-state index < -0.39 is 0 Å². The molecule has 4 aromatic rings. The Labute approximate surface area is 180 Å². The van der Waals surface area contributed by atoms with Crippen molar-refractivity contribution in [2.45, 2.75) is 25.3 Å². The molecule has 0 aliphatic carbocycles. The molecule has 4 heterocycles. The molecular formula is C24H24N6O. The molecule has 1 fully saturated rings. The van der Waals surface area contributed by atoms with Crippen LogP contribution in [-0.2, 0) is 6.42 Å². The SMILES string of the molecule is CN1CCC[C@H]1c1nc(-c2ccc(C(=O)Cc3ccccn3)cc2)c2c(N)nccn12. The summed E-state index contributed by atoms with van der Waals surface area (Å²) in [5.74, 6) is 1.47. The third-order valence-corrected chi connectivity index (χ3v) is 5.98. The summed E-state index contributed by atoms with van der Waals surface area (Å²) in [6.45, 7) is 1.06. The molecule has 0 amide bonds. The Bertz CT molecular complexity index is 1230. The highest BCUT2D eigenvalue weighted by molar-refractivity contribution is 5.98. The average Bonchev–Trinajstić information content (AvgIpc) is 3.38. The lowest BCUT2D eigenvalue weighted by molar-refractivity contribution is 0.0992. The number of nitrogens with zero attached hydrogens (tertiary/aromatic N) is 5. The van der Waals surface area contributed by atoms with Crippen LogP contribution in [0.4, 0.5) is 5.82 Å². The third-order valence-electron chi connectivity index (χ3n) is 5.98. The van der Waals surface area contributed by atoms with Crippen LogP contribution in [0.3, 0.4) is 0 Å². The number of benzene rings is 1. The number of hydrogen-bond acceptors (Lipinski definition) is 6. The molecule has 1 atom stereocenters. The van der Waals surface area contributed by atoms with Gasteiger partial charge in [-0.2, -0.15) is 0 Å². The van der Waals surface area contributed by atoms with Crippen molar-refractivity contribution in [1.82, 2.24) is 24.3 Å². The third kappa shape index (κ3) is 3.57. The van der Waals surface area contributed by atoms with E-state index in [0.717, 1.165) is 47.7 Å². The molecule has 3 aromatic heterocycles. The predicted octanol–water partition coefficient (Wildman–Crippen LogP) is 3.57. The van der Waals surface area contributed by atoms with E-state index in [0.29, 0.717) is 11.4 Å². The fraction of sp³-hybridized carbons (Fsp3) is 0.250. The van der Waals surface area contributed by atoms with Gasteiger partial charge in [0.15, 0.2) is 5.78 Å². The van der Waals surface area contributed by atoms with Crippen molar-refractivity contribution in [2.75, 3.05) is 19.3 Å². The lowest BCUT2D eigenvalue weighted by Gasteiger charge is -2.18. The van der Waals surface area contributed by atoms with Crippen LogP contribution in [0.25, 0.3) is 16.8 Å². The van der Waals surface area contributed by atoms with E-state index in [-0.39, 0.29) is 18.2 Å². The number of carbonyl (C=O) groups is 1. The van der Waals surface area contributed by atoms with Crippen molar-refractivity contribution < 1.29 is 4.79 Å². The zero-order valence-corrected chi connectivity index (χ0v) is 17.4. The first kappa shape index (κ1) is 19.4. The maximum atomic E-state index is 12.6. The number of hydrogen-bond donors (Lipinski definition) is 1. The highest BCUT2D eigenvalue weighted by Gasteiger charge is 2.28. The Hall–Kier alpha value is -3.58. The summed E-state index contributed by atoms with van der Waals surface area (Å²) in [5, 5.41) is 0. The number of carbonyl (C=O) groups excluding carboxylic acids is 1. The van der Waals surface area contributed by atoms with E-state index in [1.807, 2.05) is 48.7 Å². The molecule has 0 radical (unpaired) electrons. The van der Waals surface area contributed by atoms with Crippen LogP contribution in [0.15, 0.2) is 61.1 Å². The van der Waals surface area contributed by atoms with Gasteiger partial charge in [0, 0.05) is 35.4 Å². The Kier molecular flexibility index (Phi) is 4.95. The smallest absolute Gasteiger partial charge is 0.168 e. The molecule has 1 saturated heterocycles. The number of nitrogens with two attached hydrogens (primary N) is 1. The largest absolute Gasteiger partial charge is 0.382 e. The number of Topliss-reactive ketones (excluding diaryl/α,β-unsaturated/α-hetero) is 1. The number of nitrogen functional groups attached to an aromatic ring is 1. The normalized spacial score (nSPS) is 16.7. The number of anilines is 1. The molecule has 1 aliphatic rings. The van der Waals surface area contributed by atoms with Gasteiger partial charge in [-0.3, -0.25) is 19.1 Å². The van der Waals surface area contributed by atoms with E-state index in [1.165, 1.54) is 0 Å². The molecule has 0 unspecified atom stereocenters. The lowest BCUT2D eigenvalue weighted by atomic mass is 10.0. The van der Waals surface area contributed by atoms with Crippen molar-refractivity contribution in [3.8, 4) is 11.3 Å². The zero-order valence-electron chi connectivity index (χ0n) is 17.4. The first-order valence-corrected chi connectivity index (χ1v) is 10.5. The molecule has 7 nitrogen and oxygen atoms in total. The van der Waals surface area contributed by atoms with Gasteiger partial charge < -0.3 is 5.73 Å². The number of aromatic nitrogens is 4. The molecule has 31 heavy (non-hydrogen) atoms. The van der Waals surface area contributed by atoms with Gasteiger partial charge in [0.1, 0.15) is 22.9 Å².